The van der Waals surface area contributed by atoms with E-state index in [1.807, 2.05) is 33.8 Å². The number of rotatable bonds is 2. The maximum absolute atomic E-state index is 8.96. The summed E-state index contributed by atoms with van der Waals surface area (Å²) < 4.78 is 5.79. The fraction of sp³-hybridized carbons (Fsp3) is 0.312. The molecule has 0 radical (unpaired) electrons. The fourth-order valence-corrected chi connectivity index (χ4v) is 1.72. The van der Waals surface area contributed by atoms with Gasteiger partial charge < -0.3 is 10.5 Å². The number of hydrogen-bond donors (Lipinski definition) is 1. The highest BCUT2D eigenvalue weighted by Crippen LogP contribution is 2.28. The van der Waals surface area contributed by atoms with Crippen LogP contribution in [0.25, 0.3) is 0 Å². The Morgan fingerprint density at radius 3 is 2.52 bits per heavy atom. The van der Waals surface area contributed by atoms with E-state index in [1.54, 1.807) is 18.2 Å². The summed E-state index contributed by atoms with van der Waals surface area (Å²) in [6.07, 6.45) is 0. The predicted molar refractivity (Wildman–Crippen MR) is 81.1 cm³/mol. The normalized spacial score (nSPS) is 11.0. The molecule has 0 spiro atoms. The molecular weight excluding hydrogens is 264 g/mol. The third kappa shape index (κ3) is 3.48. The van der Waals surface area contributed by atoms with Gasteiger partial charge in [0.05, 0.1) is 11.6 Å². The molecule has 0 bridgehead atoms. The Morgan fingerprint density at radius 1 is 1.19 bits per heavy atom. The SMILES string of the molecule is Cc1ccc(C#N)cc1Oc1cc(N)nc(C(C)(C)C)n1. The molecule has 0 aliphatic heterocycles. The number of nitrogens with zero attached hydrogens (tertiary/aromatic N) is 3. The van der Waals surface area contributed by atoms with Crippen LogP contribution >= 0.6 is 0 Å². The zero-order valence-electron chi connectivity index (χ0n) is 12.6. The maximum Gasteiger partial charge on any atom is 0.224 e. The summed E-state index contributed by atoms with van der Waals surface area (Å²) >= 11 is 0. The highest BCUT2D eigenvalue weighted by atomic mass is 16.5. The zero-order chi connectivity index (χ0) is 15.6. The molecule has 1 aromatic carbocycles. The number of benzene rings is 1. The van der Waals surface area contributed by atoms with Crippen molar-refractivity contribution in [2.24, 2.45) is 0 Å². The first-order valence-corrected chi connectivity index (χ1v) is 6.63. The fourth-order valence-electron chi connectivity index (χ4n) is 1.72. The molecule has 108 valence electrons. The van der Waals surface area contributed by atoms with E-state index in [4.69, 9.17) is 15.7 Å². The number of aryl methyl sites for hydroxylation is 1. The Hall–Kier alpha value is -2.61. The lowest BCUT2D eigenvalue weighted by Gasteiger charge is -2.18. The Kier molecular flexibility index (Phi) is 3.81. The Bertz CT molecular complexity index is 711. The molecule has 5 nitrogen and oxygen atoms in total. The van der Waals surface area contributed by atoms with Gasteiger partial charge in [-0.2, -0.15) is 10.2 Å². The molecular formula is C16H18N4O. The largest absolute Gasteiger partial charge is 0.439 e. The molecule has 5 heteroatoms. The van der Waals surface area contributed by atoms with Gasteiger partial charge in [-0.3, -0.25) is 0 Å². The van der Waals surface area contributed by atoms with Crippen LogP contribution in [-0.4, -0.2) is 9.97 Å². The third-order valence-corrected chi connectivity index (χ3v) is 2.93. The molecule has 0 aliphatic rings. The van der Waals surface area contributed by atoms with Crippen molar-refractivity contribution in [3.8, 4) is 17.7 Å². The van der Waals surface area contributed by atoms with Crippen molar-refractivity contribution in [1.82, 2.24) is 9.97 Å². The van der Waals surface area contributed by atoms with Gasteiger partial charge in [-0.15, -0.1) is 0 Å². The second kappa shape index (κ2) is 5.41. The van der Waals surface area contributed by atoms with Gasteiger partial charge in [0, 0.05) is 11.5 Å². The molecule has 0 fully saturated rings. The average Bonchev–Trinajstić information content (AvgIpc) is 2.39. The van der Waals surface area contributed by atoms with Crippen LogP contribution < -0.4 is 10.5 Å². The van der Waals surface area contributed by atoms with Crippen LogP contribution in [0.2, 0.25) is 0 Å². The Labute approximate surface area is 124 Å². The summed E-state index contributed by atoms with van der Waals surface area (Å²) in [6, 6.07) is 8.94. The number of anilines is 1. The van der Waals surface area contributed by atoms with Gasteiger partial charge in [-0.05, 0) is 24.6 Å². The molecule has 0 aliphatic carbocycles. The van der Waals surface area contributed by atoms with Gasteiger partial charge in [-0.1, -0.05) is 26.8 Å². The molecule has 0 unspecified atom stereocenters. The van der Waals surface area contributed by atoms with Crippen molar-refractivity contribution in [3.63, 3.8) is 0 Å². The number of nitrogens with two attached hydrogens (primary N) is 1. The second-order valence-corrected chi connectivity index (χ2v) is 5.90. The lowest BCUT2D eigenvalue weighted by Crippen LogP contribution is -2.17. The topological polar surface area (TPSA) is 84.8 Å². The standard InChI is InChI=1S/C16H18N4O/c1-10-5-6-11(9-17)7-12(10)21-14-8-13(18)19-15(20-14)16(2,3)4/h5-8H,1-4H3,(H2,18,19,20). The number of nitrogen functional groups attached to an aromatic ring is 1. The van der Waals surface area contributed by atoms with E-state index in [9.17, 15) is 0 Å². The number of hydrogen-bond acceptors (Lipinski definition) is 5. The van der Waals surface area contributed by atoms with E-state index < -0.39 is 0 Å². The minimum absolute atomic E-state index is 0.225. The van der Waals surface area contributed by atoms with Gasteiger partial charge in [0.15, 0.2) is 0 Å². The molecule has 0 atom stereocenters. The van der Waals surface area contributed by atoms with Crippen LogP contribution in [-0.2, 0) is 5.41 Å². The summed E-state index contributed by atoms with van der Waals surface area (Å²) in [6.45, 7) is 7.93. The minimum atomic E-state index is -0.225. The first-order chi connectivity index (χ1) is 9.79. The Morgan fingerprint density at radius 2 is 1.90 bits per heavy atom. The highest BCUT2D eigenvalue weighted by Gasteiger charge is 2.19. The van der Waals surface area contributed by atoms with Gasteiger partial charge in [-0.25, -0.2) is 4.98 Å². The van der Waals surface area contributed by atoms with Crippen LogP contribution in [0.4, 0.5) is 5.82 Å². The van der Waals surface area contributed by atoms with Crippen molar-refractivity contribution >= 4 is 5.82 Å². The van der Waals surface area contributed by atoms with Gasteiger partial charge in [0.1, 0.15) is 17.4 Å². The molecule has 2 rings (SSSR count). The van der Waals surface area contributed by atoms with E-state index in [-0.39, 0.29) is 5.41 Å². The molecule has 0 saturated carbocycles. The van der Waals surface area contributed by atoms with Crippen LogP contribution in [0.5, 0.6) is 11.6 Å². The monoisotopic (exact) mass is 282 g/mol. The van der Waals surface area contributed by atoms with Crippen LogP contribution in [0.1, 0.15) is 37.7 Å². The summed E-state index contributed by atoms with van der Waals surface area (Å²) in [5.41, 5.74) is 7.05. The second-order valence-electron chi connectivity index (χ2n) is 5.90. The lowest BCUT2D eigenvalue weighted by atomic mass is 9.96. The maximum atomic E-state index is 8.96. The van der Waals surface area contributed by atoms with Gasteiger partial charge >= 0.3 is 0 Å². The van der Waals surface area contributed by atoms with Crippen molar-refractivity contribution in [2.45, 2.75) is 33.1 Å². The van der Waals surface area contributed by atoms with E-state index in [1.165, 1.54) is 0 Å². The molecule has 0 amide bonds. The summed E-state index contributed by atoms with van der Waals surface area (Å²) in [5.74, 6) is 1.95. The van der Waals surface area contributed by atoms with Crippen molar-refractivity contribution in [2.75, 3.05) is 5.73 Å². The number of nitriles is 1. The predicted octanol–water partition coefficient (Wildman–Crippen LogP) is 3.33. The van der Waals surface area contributed by atoms with E-state index in [0.717, 1.165) is 5.56 Å². The molecule has 2 aromatic rings. The van der Waals surface area contributed by atoms with E-state index >= 15 is 0 Å². The molecule has 21 heavy (non-hydrogen) atoms. The first kappa shape index (κ1) is 14.8. The van der Waals surface area contributed by atoms with Crippen LogP contribution in [0, 0.1) is 18.3 Å². The van der Waals surface area contributed by atoms with Crippen molar-refractivity contribution < 1.29 is 4.74 Å². The van der Waals surface area contributed by atoms with E-state index in [2.05, 4.69) is 16.0 Å². The van der Waals surface area contributed by atoms with Crippen LogP contribution in [0.3, 0.4) is 0 Å². The first-order valence-electron chi connectivity index (χ1n) is 6.63. The minimum Gasteiger partial charge on any atom is -0.439 e. The van der Waals surface area contributed by atoms with Gasteiger partial charge in [0.25, 0.3) is 0 Å². The Balaban J connectivity index is 2.41. The van der Waals surface area contributed by atoms with Crippen molar-refractivity contribution in [3.05, 3.63) is 41.2 Å². The molecule has 1 aromatic heterocycles. The summed E-state index contributed by atoms with van der Waals surface area (Å²) in [4.78, 5) is 8.64. The smallest absolute Gasteiger partial charge is 0.224 e. The molecule has 2 N–H and O–H groups in total. The summed E-state index contributed by atoms with van der Waals surface area (Å²) in [5, 5.41) is 8.96. The van der Waals surface area contributed by atoms with E-state index in [0.29, 0.717) is 28.8 Å². The summed E-state index contributed by atoms with van der Waals surface area (Å²) in [7, 11) is 0. The zero-order valence-corrected chi connectivity index (χ0v) is 12.6. The van der Waals surface area contributed by atoms with Crippen molar-refractivity contribution in [1.29, 1.82) is 5.26 Å². The lowest BCUT2D eigenvalue weighted by molar-refractivity contribution is 0.444. The molecule has 1 heterocycles. The number of ether oxygens (including phenoxy) is 1. The number of aromatic nitrogens is 2. The molecule has 0 saturated heterocycles. The average molecular weight is 282 g/mol. The quantitative estimate of drug-likeness (QED) is 0.913. The third-order valence-electron chi connectivity index (χ3n) is 2.93. The van der Waals surface area contributed by atoms with Gasteiger partial charge in [0.2, 0.25) is 5.88 Å². The van der Waals surface area contributed by atoms with Crippen LogP contribution in [0.15, 0.2) is 24.3 Å². The highest BCUT2D eigenvalue weighted by molar-refractivity contribution is 5.44.